The summed E-state index contributed by atoms with van der Waals surface area (Å²) in [5.41, 5.74) is 2.72. The van der Waals surface area contributed by atoms with Crippen LogP contribution in [0.3, 0.4) is 0 Å². The van der Waals surface area contributed by atoms with Gasteiger partial charge in [-0.15, -0.1) is 0 Å². The molecule has 0 heterocycles. The Morgan fingerprint density at radius 3 is 2.44 bits per heavy atom. The van der Waals surface area contributed by atoms with Crippen molar-refractivity contribution in [3.63, 3.8) is 0 Å². The third-order valence-corrected chi connectivity index (χ3v) is 2.81. The first-order valence-electron chi connectivity index (χ1n) is 6.88. The van der Waals surface area contributed by atoms with Crippen LogP contribution in [0.1, 0.15) is 47.0 Å². The fourth-order valence-corrected chi connectivity index (χ4v) is 1.68. The fourth-order valence-electron chi connectivity index (χ4n) is 1.68. The average molecular weight is 244 g/mol. The molecule has 0 radical (unpaired) electrons. The first-order chi connectivity index (χ1) is 8.60. The predicted molar refractivity (Wildman–Crippen MR) is 84.7 cm³/mol. The molecule has 0 bridgehead atoms. The van der Waals surface area contributed by atoms with Crippen LogP contribution < -0.4 is 0 Å². The van der Waals surface area contributed by atoms with E-state index in [0.717, 1.165) is 12.8 Å². The third kappa shape index (κ3) is 9.89. The number of rotatable bonds is 8. The molecule has 0 aromatic rings. The summed E-state index contributed by atoms with van der Waals surface area (Å²) in [7, 11) is 0. The molecule has 0 saturated carbocycles. The predicted octanol–water partition coefficient (Wildman–Crippen LogP) is 6.00. The van der Waals surface area contributed by atoms with Crippen molar-refractivity contribution >= 4 is 0 Å². The summed E-state index contributed by atoms with van der Waals surface area (Å²) in [6.45, 7) is 12.8. The summed E-state index contributed by atoms with van der Waals surface area (Å²) >= 11 is 0. The zero-order valence-electron chi connectivity index (χ0n) is 12.4. The fraction of sp³-hybridized carbons (Fsp3) is 0.444. The highest BCUT2D eigenvalue weighted by molar-refractivity contribution is 5.17. The van der Waals surface area contributed by atoms with Gasteiger partial charge >= 0.3 is 0 Å². The van der Waals surface area contributed by atoms with Gasteiger partial charge in [0.2, 0.25) is 0 Å². The largest absolute Gasteiger partial charge is 0.0992 e. The van der Waals surface area contributed by atoms with Crippen LogP contribution in [-0.2, 0) is 0 Å². The Bertz CT molecular complexity index is 337. The van der Waals surface area contributed by atoms with Crippen molar-refractivity contribution in [1.82, 2.24) is 0 Å². The van der Waals surface area contributed by atoms with Gasteiger partial charge in [0.15, 0.2) is 0 Å². The van der Waals surface area contributed by atoms with Gasteiger partial charge in [-0.2, -0.15) is 0 Å². The highest BCUT2D eigenvalue weighted by Gasteiger charge is 1.97. The van der Waals surface area contributed by atoms with Gasteiger partial charge in [0.05, 0.1) is 0 Å². The van der Waals surface area contributed by atoms with Crippen molar-refractivity contribution in [2.24, 2.45) is 5.92 Å². The number of allylic oxidation sites excluding steroid dienone is 9. The Morgan fingerprint density at radius 2 is 1.83 bits per heavy atom. The molecule has 0 aromatic carbocycles. The lowest BCUT2D eigenvalue weighted by atomic mass is 10.00. The maximum Gasteiger partial charge on any atom is -0.0111 e. The van der Waals surface area contributed by atoms with Gasteiger partial charge in [-0.25, -0.2) is 0 Å². The molecule has 0 fully saturated rings. The number of hydrogen-bond acceptors (Lipinski definition) is 0. The van der Waals surface area contributed by atoms with E-state index in [9.17, 15) is 0 Å². The van der Waals surface area contributed by atoms with E-state index in [1.807, 2.05) is 25.2 Å². The van der Waals surface area contributed by atoms with Crippen molar-refractivity contribution in [2.75, 3.05) is 0 Å². The zero-order chi connectivity index (χ0) is 13.8. The van der Waals surface area contributed by atoms with E-state index in [1.54, 1.807) is 0 Å². The molecular formula is C18H28. The smallest absolute Gasteiger partial charge is 0.0111 e. The van der Waals surface area contributed by atoms with Crippen LogP contribution in [-0.4, -0.2) is 0 Å². The molecule has 100 valence electrons. The van der Waals surface area contributed by atoms with Crippen molar-refractivity contribution < 1.29 is 0 Å². The zero-order valence-corrected chi connectivity index (χ0v) is 12.4. The van der Waals surface area contributed by atoms with E-state index in [0.29, 0.717) is 5.92 Å². The average Bonchev–Trinajstić information content (AvgIpc) is 2.33. The second kappa shape index (κ2) is 10.8. The molecule has 0 saturated heterocycles. The monoisotopic (exact) mass is 244 g/mol. The lowest BCUT2D eigenvalue weighted by Gasteiger charge is -2.06. The summed E-state index contributed by atoms with van der Waals surface area (Å²) in [5.74, 6) is 0.678. The van der Waals surface area contributed by atoms with Crippen molar-refractivity contribution in [3.05, 3.63) is 60.3 Å². The molecule has 0 aromatic heterocycles. The van der Waals surface area contributed by atoms with Gasteiger partial charge in [0.25, 0.3) is 0 Å². The Hall–Kier alpha value is -1.30. The molecule has 0 nitrogen and oxygen atoms in total. The standard InChI is InChI=1S/C18H28/c1-6-8-9-10-11-12-13-17(4)15-18(5)14-16(3)7-2/h6,8-12,14,16H,4,7,13,15H2,1-3,5H3/b8-6-,10-9-,12-11+,18-14-. The summed E-state index contributed by atoms with van der Waals surface area (Å²) in [6, 6.07) is 0. The van der Waals surface area contributed by atoms with E-state index in [2.05, 4.69) is 51.7 Å². The number of hydrogen-bond donors (Lipinski definition) is 0. The van der Waals surface area contributed by atoms with Crippen LogP contribution in [0.2, 0.25) is 0 Å². The van der Waals surface area contributed by atoms with E-state index < -0.39 is 0 Å². The van der Waals surface area contributed by atoms with Gasteiger partial charge in [0.1, 0.15) is 0 Å². The van der Waals surface area contributed by atoms with Crippen LogP contribution >= 0.6 is 0 Å². The third-order valence-electron chi connectivity index (χ3n) is 2.81. The SMILES string of the molecule is C=C(C/C=C/C=C\C=C/C)C/C(C)=C\C(C)CC. The highest BCUT2D eigenvalue weighted by Crippen LogP contribution is 2.16. The first-order valence-corrected chi connectivity index (χ1v) is 6.88. The van der Waals surface area contributed by atoms with Crippen LogP contribution in [0.25, 0.3) is 0 Å². The minimum absolute atomic E-state index is 0.678. The molecular weight excluding hydrogens is 216 g/mol. The molecule has 0 aliphatic rings. The summed E-state index contributed by atoms with van der Waals surface area (Å²) in [5, 5.41) is 0. The Balaban J connectivity index is 4.01. The second-order valence-corrected chi connectivity index (χ2v) is 4.87. The van der Waals surface area contributed by atoms with Gasteiger partial charge in [-0.05, 0) is 32.6 Å². The lowest BCUT2D eigenvalue weighted by molar-refractivity contribution is 0.690. The molecule has 0 aliphatic heterocycles. The van der Waals surface area contributed by atoms with E-state index in [4.69, 9.17) is 0 Å². The molecule has 0 spiro atoms. The van der Waals surface area contributed by atoms with Crippen LogP contribution in [0.4, 0.5) is 0 Å². The highest BCUT2D eigenvalue weighted by atomic mass is 14.0. The van der Waals surface area contributed by atoms with Gasteiger partial charge in [0, 0.05) is 0 Å². The van der Waals surface area contributed by atoms with Crippen molar-refractivity contribution in [2.45, 2.75) is 47.0 Å². The molecule has 0 N–H and O–H groups in total. The van der Waals surface area contributed by atoms with Gasteiger partial charge in [-0.3, -0.25) is 0 Å². The summed E-state index contributed by atoms with van der Waals surface area (Å²) < 4.78 is 0. The second-order valence-electron chi connectivity index (χ2n) is 4.87. The molecule has 1 atom stereocenters. The van der Waals surface area contributed by atoms with E-state index in [-0.39, 0.29) is 0 Å². The molecule has 0 heteroatoms. The Labute approximate surface area is 113 Å². The van der Waals surface area contributed by atoms with Gasteiger partial charge < -0.3 is 0 Å². The Kier molecular flexibility index (Phi) is 10.0. The first kappa shape index (κ1) is 16.7. The maximum atomic E-state index is 4.13. The van der Waals surface area contributed by atoms with E-state index >= 15 is 0 Å². The molecule has 0 rings (SSSR count). The molecule has 1 unspecified atom stereocenters. The molecule has 18 heavy (non-hydrogen) atoms. The summed E-state index contributed by atoms with van der Waals surface area (Å²) in [4.78, 5) is 0. The minimum Gasteiger partial charge on any atom is -0.0992 e. The van der Waals surface area contributed by atoms with Crippen LogP contribution in [0, 0.1) is 5.92 Å². The van der Waals surface area contributed by atoms with Crippen LogP contribution in [0.15, 0.2) is 60.3 Å². The molecule has 0 amide bonds. The molecule has 0 aliphatic carbocycles. The van der Waals surface area contributed by atoms with Crippen molar-refractivity contribution in [1.29, 1.82) is 0 Å². The van der Waals surface area contributed by atoms with E-state index in [1.165, 1.54) is 17.6 Å². The maximum absolute atomic E-state index is 4.13. The summed E-state index contributed by atoms with van der Waals surface area (Å²) in [6.07, 6.45) is 17.9. The lowest BCUT2D eigenvalue weighted by Crippen LogP contribution is -1.89. The van der Waals surface area contributed by atoms with Crippen LogP contribution in [0.5, 0.6) is 0 Å². The minimum atomic E-state index is 0.678. The topological polar surface area (TPSA) is 0 Å². The Morgan fingerprint density at radius 1 is 1.17 bits per heavy atom. The quantitative estimate of drug-likeness (QED) is 0.362. The van der Waals surface area contributed by atoms with Gasteiger partial charge in [-0.1, -0.05) is 80.5 Å². The normalized spacial score (nSPS) is 15.0. The van der Waals surface area contributed by atoms with Crippen molar-refractivity contribution in [3.8, 4) is 0 Å².